The zero-order valence-electron chi connectivity index (χ0n) is 9.49. The summed E-state index contributed by atoms with van der Waals surface area (Å²) >= 11 is 0. The number of nitrogens with one attached hydrogen (secondary N) is 1. The third kappa shape index (κ3) is 2.90. The van der Waals surface area contributed by atoms with Gasteiger partial charge in [0.1, 0.15) is 0 Å². The Bertz CT molecular complexity index is 313. The summed E-state index contributed by atoms with van der Waals surface area (Å²) in [7, 11) is -1.74. The average Bonchev–Trinajstić information content (AvgIpc) is 2.14. The van der Waals surface area contributed by atoms with Gasteiger partial charge in [-0.1, -0.05) is 13.8 Å². The van der Waals surface area contributed by atoms with Gasteiger partial charge >= 0.3 is 0 Å². The molecule has 0 spiro atoms. The zero-order valence-corrected chi connectivity index (χ0v) is 10.3. The van der Waals surface area contributed by atoms with Crippen molar-refractivity contribution in [1.82, 2.24) is 4.72 Å². The molecule has 90 valence electrons. The minimum absolute atomic E-state index is 0.00528. The molecular weight excluding hydrogens is 216 g/mol. The molecule has 5 nitrogen and oxygen atoms in total. The zero-order chi connectivity index (χ0) is 11.7. The summed E-state index contributed by atoms with van der Waals surface area (Å²) in [6.07, 6.45) is 0.708. The quantitative estimate of drug-likeness (QED) is 0.685. The Hall–Kier alpha value is -0.170. The van der Waals surface area contributed by atoms with Gasteiger partial charge in [-0.2, -0.15) is 0 Å². The second-order valence-electron chi connectivity index (χ2n) is 4.65. The normalized spacial score (nSPS) is 29.9. The Balaban J connectivity index is 2.49. The Morgan fingerprint density at radius 2 is 2.13 bits per heavy atom. The number of methoxy groups -OCH3 is 1. The highest BCUT2D eigenvalue weighted by molar-refractivity contribution is 7.89. The van der Waals surface area contributed by atoms with Crippen molar-refractivity contribution in [1.29, 1.82) is 0 Å². The van der Waals surface area contributed by atoms with Gasteiger partial charge in [-0.3, -0.25) is 0 Å². The molecule has 15 heavy (non-hydrogen) atoms. The SMILES string of the molecule is COCCS(=O)(=O)NC1CC(N)C1(C)C. The van der Waals surface area contributed by atoms with E-state index in [0.29, 0.717) is 6.42 Å². The van der Waals surface area contributed by atoms with Crippen LogP contribution in [0.1, 0.15) is 20.3 Å². The Labute approximate surface area is 91.4 Å². The molecule has 0 aliphatic heterocycles. The van der Waals surface area contributed by atoms with Crippen LogP contribution in [0.2, 0.25) is 0 Å². The first-order chi connectivity index (χ1) is 6.79. The third-order valence-electron chi connectivity index (χ3n) is 3.22. The van der Waals surface area contributed by atoms with Gasteiger partial charge < -0.3 is 10.5 Å². The molecular formula is C9H20N2O3S. The fourth-order valence-electron chi connectivity index (χ4n) is 1.63. The monoisotopic (exact) mass is 236 g/mol. The minimum Gasteiger partial charge on any atom is -0.384 e. The summed E-state index contributed by atoms with van der Waals surface area (Å²) in [5.74, 6) is 0.00528. The van der Waals surface area contributed by atoms with E-state index in [1.165, 1.54) is 7.11 Å². The first-order valence-electron chi connectivity index (χ1n) is 5.04. The fourth-order valence-corrected chi connectivity index (χ4v) is 2.97. The highest BCUT2D eigenvalue weighted by Gasteiger charge is 2.47. The van der Waals surface area contributed by atoms with E-state index in [1.807, 2.05) is 13.8 Å². The van der Waals surface area contributed by atoms with E-state index in [0.717, 1.165) is 0 Å². The lowest BCUT2D eigenvalue weighted by Crippen LogP contribution is -2.64. The number of rotatable bonds is 5. The van der Waals surface area contributed by atoms with Crippen LogP contribution in [0.4, 0.5) is 0 Å². The van der Waals surface area contributed by atoms with Gasteiger partial charge in [-0.15, -0.1) is 0 Å². The van der Waals surface area contributed by atoms with Crippen LogP contribution in [0.3, 0.4) is 0 Å². The predicted molar refractivity (Wildman–Crippen MR) is 59.0 cm³/mol. The molecule has 0 heterocycles. The Kier molecular flexibility index (Phi) is 3.76. The number of nitrogens with two attached hydrogens (primary N) is 1. The molecule has 0 aromatic rings. The maximum Gasteiger partial charge on any atom is 0.214 e. The highest BCUT2D eigenvalue weighted by atomic mass is 32.2. The van der Waals surface area contributed by atoms with Gasteiger partial charge in [0.05, 0.1) is 12.4 Å². The van der Waals surface area contributed by atoms with E-state index in [2.05, 4.69) is 4.72 Å². The van der Waals surface area contributed by atoms with Crippen molar-refractivity contribution in [3.63, 3.8) is 0 Å². The standard InChI is InChI=1S/C9H20N2O3S/c1-9(2)7(10)6-8(9)11-15(12,13)5-4-14-3/h7-8,11H,4-6,10H2,1-3H3. The van der Waals surface area contributed by atoms with Crippen molar-refractivity contribution < 1.29 is 13.2 Å². The van der Waals surface area contributed by atoms with E-state index in [-0.39, 0.29) is 29.9 Å². The van der Waals surface area contributed by atoms with Crippen LogP contribution >= 0.6 is 0 Å². The fraction of sp³-hybridized carbons (Fsp3) is 1.00. The molecule has 0 amide bonds. The molecule has 1 fully saturated rings. The number of hydrogen-bond acceptors (Lipinski definition) is 4. The molecule has 3 N–H and O–H groups in total. The maximum absolute atomic E-state index is 11.6. The summed E-state index contributed by atoms with van der Waals surface area (Å²) in [4.78, 5) is 0. The van der Waals surface area contributed by atoms with Crippen LogP contribution in [0.15, 0.2) is 0 Å². The van der Waals surface area contributed by atoms with Crippen molar-refractivity contribution >= 4 is 10.0 Å². The van der Waals surface area contributed by atoms with Gasteiger partial charge in [-0.05, 0) is 11.8 Å². The molecule has 1 rings (SSSR count). The van der Waals surface area contributed by atoms with Gasteiger partial charge in [0.25, 0.3) is 0 Å². The summed E-state index contributed by atoms with van der Waals surface area (Å²) in [6.45, 7) is 4.17. The van der Waals surface area contributed by atoms with E-state index < -0.39 is 10.0 Å². The van der Waals surface area contributed by atoms with Gasteiger partial charge in [0.15, 0.2) is 0 Å². The van der Waals surface area contributed by atoms with Crippen molar-refractivity contribution in [2.24, 2.45) is 11.1 Å². The van der Waals surface area contributed by atoms with Crippen LogP contribution in [-0.4, -0.2) is 40.0 Å². The Morgan fingerprint density at radius 3 is 2.53 bits per heavy atom. The van der Waals surface area contributed by atoms with Crippen molar-refractivity contribution in [2.45, 2.75) is 32.4 Å². The molecule has 1 aliphatic carbocycles. The molecule has 6 heteroatoms. The first-order valence-corrected chi connectivity index (χ1v) is 6.69. The first kappa shape index (κ1) is 12.9. The van der Waals surface area contributed by atoms with Crippen LogP contribution in [0, 0.1) is 5.41 Å². The number of hydrogen-bond donors (Lipinski definition) is 2. The average molecular weight is 236 g/mol. The molecule has 2 atom stereocenters. The molecule has 1 aliphatic rings. The van der Waals surface area contributed by atoms with Crippen LogP contribution in [0.25, 0.3) is 0 Å². The lowest BCUT2D eigenvalue weighted by atomic mass is 9.64. The second kappa shape index (κ2) is 4.37. The molecule has 0 bridgehead atoms. The van der Waals surface area contributed by atoms with E-state index in [1.54, 1.807) is 0 Å². The minimum atomic E-state index is -3.23. The Morgan fingerprint density at radius 1 is 1.53 bits per heavy atom. The van der Waals surface area contributed by atoms with Crippen LogP contribution in [-0.2, 0) is 14.8 Å². The smallest absolute Gasteiger partial charge is 0.214 e. The predicted octanol–water partition coefficient (Wildman–Crippen LogP) is -0.322. The van der Waals surface area contributed by atoms with Gasteiger partial charge in [-0.25, -0.2) is 13.1 Å². The lowest BCUT2D eigenvalue weighted by molar-refractivity contribution is 0.0901. The largest absolute Gasteiger partial charge is 0.384 e. The number of sulfonamides is 1. The van der Waals surface area contributed by atoms with Gasteiger partial charge in [0.2, 0.25) is 10.0 Å². The van der Waals surface area contributed by atoms with Crippen molar-refractivity contribution in [2.75, 3.05) is 19.5 Å². The molecule has 0 aromatic carbocycles. The van der Waals surface area contributed by atoms with Crippen LogP contribution < -0.4 is 10.5 Å². The summed E-state index contributed by atoms with van der Waals surface area (Å²) in [6, 6.07) is 0.0296. The van der Waals surface area contributed by atoms with E-state index >= 15 is 0 Å². The molecule has 2 unspecified atom stereocenters. The molecule has 0 radical (unpaired) electrons. The second-order valence-corrected chi connectivity index (χ2v) is 6.52. The molecule has 0 aromatic heterocycles. The summed E-state index contributed by atoms with van der Waals surface area (Å²) in [5, 5.41) is 0. The molecule has 1 saturated carbocycles. The van der Waals surface area contributed by atoms with Crippen molar-refractivity contribution in [3.8, 4) is 0 Å². The summed E-state index contributed by atoms with van der Waals surface area (Å²) < 4.78 is 30.5. The third-order valence-corrected chi connectivity index (χ3v) is 4.57. The van der Waals surface area contributed by atoms with E-state index in [9.17, 15) is 8.42 Å². The maximum atomic E-state index is 11.6. The highest BCUT2D eigenvalue weighted by Crippen LogP contribution is 2.39. The van der Waals surface area contributed by atoms with Gasteiger partial charge in [0, 0.05) is 19.2 Å². The van der Waals surface area contributed by atoms with Crippen LogP contribution in [0.5, 0.6) is 0 Å². The number of ether oxygens (including phenoxy) is 1. The summed E-state index contributed by atoms with van der Waals surface area (Å²) in [5.41, 5.74) is 5.65. The topological polar surface area (TPSA) is 81.4 Å². The lowest BCUT2D eigenvalue weighted by Gasteiger charge is -2.50. The van der Waals surface area contributed by atoms with E-state index in [4.69, 9.17) is 10.5 Å². The van der Waals surface area contributed by atoms with Crippen molar-refractivity contribution in [3.05, 3.63) is 0 Å². The molecule has 0 saturated heterocycles.